The molecule has 43 heavy (non-hydrogen) atoms. The Balaban J connectivity index is 1.59. The molecule has 0 aliphatic carbocycles. The molecule has 7 atom stereocenters. The molecule has 7 nitrogen and oxygen atoms in total. The number of allylic oxidation sites excluding steroid dienone is 1. The molecule has 3 aliphatic rings. The lowest BCUT2D eigenvalue weighted by molar-refractivity contribution is -0.155. The Morgan fingerprint density at radius 1 is 1.19 bits per heavy atom. The van der Waals surface area contributed by atoms with Crippen molar-refractivity contribution in [1.29, 1.82) is 0 Å². The van der Waals surface area contributed by atoms with Crippen LogP contribution in [0, 0.1) is 17.8 Å². The zero-order valence-electron chi connectivity index (χ0n) is 24.4. The van der Waals surface area contributed by atoms with Gasteiger partial charge in [-0.3, -0.25) is 14.4 Å². The maximum atomic E-state index is 14.9. The highest BCUT2D eigenvalue weighted by Crippen LogP contribution is 2.69. The number of carbonyl (C=O) groups is 3. The van der Waals surface area contributed by atoms with Gasteiger partial charge in [-0.2, -0.15) is 0 Å². The Hall–Kier alpha value is -3.07. The van der Waals surface area contributed by atoms with Crippen molar-refractivity contribution in [2.24, 2.45) is 17.8 Å². The molecule has 0 saturated carbocycles. The molecule has 3 heterocycles. The van der Waals surface area contributed by atoms with Crippen molar-refractivity contribution >= 4 is 46.8 Å². The van der Waals surface area contributed by atoms with Gasteiger partial charge in [0.25, 0.3) is 5.91 Å². The number of nitrogens with zero attached hydrogens (tertiary/aromatic N) is 2. The second-order valence-electron chi connectivity index (χ2n) is 11.6. The highest BCUT2D eigenvalue weighted by molar-refractivity contribution is 8.02. The van der Waals surface area contributed by atoms with Crippen LogP contribution in [0.5, 0.6) is 0 Å². The summed E-state index contributed by atoms with van der Waals surface area (Å²) in [5.74, 6) is -2.40. The average Bonchev–Trinajstić information content (AvgIpc) is 3.61. The highest BCUT2D eigenvalue weighted by atomic mass is 35.5. The van der Waals surface area contributed by atoms with E-state index in [9.17, 15) is 19.5 Å². The fraction of sp³-hybridized carbons (Fsp3) is 0.441. The van der Waals surface area contributed by atoms with Crippen molar-refractivity contribution in [3.05, 3.63) is 90.5 Å². The van der Waals surface area contributed by atoms with Gasteiger partial charge in [-0.15, -0.1) is 24.9 Å². The minimum atomic E-state index is -0.925. The number of halogens is 1. The number of anilines is 1. The number of rotatable bonds is 13. The third-order valence-electron chi connectivity index (χ3n) is 9.13. The van der Waals surface area contributed by atoms with Gasteiger partial charge in [0, 0.05) is 11.8 Å². The number of hydrogen-bond donors (Lipinski definition) is 1. The zero-order chi connectivity index (χ0) is 30.7. The van der Waals surface area contributed by atoms with Gasteiger partial charge in [0.15, 0.2) is 0 Å². The number of benzene rings is 2. The number of likely N-dealkylation sites (tertiary alicyclic amines) is 1. The fourth-order valence-electron chi connectivity index (χ4n) is 7.29. The van der Waals surface area contributed by atoms with Gasteiger partial charge in [-0.05, 0) is 49.3 Å². The Kier molecular flexibility index (Phi) is 9.69. The average molecular weight is 623 g/mol. The molecule has 5 rings (SSSR count). The van der Waals surface area contributed by atoms with Crippen LogP contribution in [0.1, 0.15) is 31.7 Å². The number of para-hydroxylation sites is 1. The van der Waals surface area contributed by atoms with Crippen LogP contribution in [0.25, 0.3) is 0 Å². The first-order valence-electron chi connectivity index (χ1n) is 14.9. The molecule has 3 unspecified atom stereocenters. The monoisotopic (exact) mass is 622 g/mol. The summed E-state index contributed by atoms with van der Waals surface area (Å²) in [5, 5.41) is 11.0. The van der Waals surface area contributed by atoms with E-state index in [0.29, 0.717) is 30.0 Å². The van der Waals surface area contributed by atoms with Crippen LogP contribution >= 0.6 is 23.4 Å². The van der Waals surface area contributed by atoms with Crippen LogP contribution in [0.4, 0.5) is 5.69 Å². The summed E-state index contributed by atoms with van der Waals surface area (Å²) in [6, 6.07) is 15.1. The molecular formula is C34H39ClN2O5S. The summed E-state index contributed by atoms with van der Waals surface area (Å²) in [7, 11) is 0. The minimum Gasteiger partial charge on any atom is -0.465 e. The number of thioether (sulfide) groups is 1. The van der Waals surface area contributed by atoms with E-state index in [1.807, 2.05) is 36.4 Å². The molecule has 1 spiro atoms. The van der Waals surface area contributed by atoms with E-state index < -0.39 is 28.7 Å². The predicted molar refractivity (Wildman–Crippen MR) is 171 cm³/mol. The summed E-state index contributed by atoms with van der Waals surface area (Å²) in [6.45, 7) is 9.77. The molecular weight excluding hydrogens is 584 g/mol. The van der Waals surface area contributed by atoms with Crippen LogP contribution in [-0.4, -0.2) is 69.6 Å². The summed E-state index contributed by atoms with van der Waals surface area (Å²) >= 11 is 8.18. The van der Waals surface area contributed by atoms with Crippen LogP contribution in [0.15, 0.2) is 79.9 Å². The smallest absolute Gasteiger partial charge is 0.310 e. The molecule has 228 valence electrons. The van der Waals surface area contributed by atoms with Gasteiger partial charge < -0.3 is 19.6 Å². The van der Waals surface area contributed by atoms with Crippen LogP contribution in [0.2, 0.25) is 5.02 Å². The number of unbranched alkanes of at least 4 members (excludes halogenated alkanes) is 1. The number of aliphatic hydroxyl groups is 1. The second kappa shape index (κ2) is 13.3. The number of aliphatic hydroxyl groups excluding tert-OH is 1. The molecule has 1 N–H and O–H groups in total. The molecule has 2 amide bonds. The quantitative estimate of drug-likeness (QED) is 0.185. The van der Waals surface area contributed by atoms with E-state index in [1.165, 1.54) is 0 Å². The summed E-state index contributed by atoms with van der Waals surface area (Å²) in [5.41, 5.74) is 1.46. The van der Waals surface area contributed by atoms with Crippen molar-refractivity contribution in [3.63, 3.8) is 0 Å². The SMILES string of the molecule is C=CCCCOC(=O)[C@@H]1[C@@H]2CC(C)C3(S2)C(C(=O)N(CC=C)c2ccccc2Cl)N([C@@H](CO)Cc2ccccc2)C(=O)[C@H]13. The standard InChI is InChI=1S/C34H39ClN2O5S/c1-4-6-12-18-42-33(41)28-27-19-22(3)34(43-27)29(28)31(39)37(24(21-38)20-23-13-8-7-9-14-23)30(34)32(40)36(17-5-2)26-16-11-10-15-25(26)35/h4-5,7-11,13-16,22,24,27-30,38H,1-2,6,12,17-21H2,3H3/t22?,24-,27+,28-,29+,30?,34?/m1/s1. The van der Waals surface area contributed by atoms with E-state index in [1.54, 1.807) is 51.9 Å². The minimum absolute atomic E-state index is 0.0342. The van der Waals surface area contributed by atoms with Crippen molar-refractivity contribution in [2.75, 3.05) is 24.7 Å². The first kappa shape index (κ1) is 31.4. The maximum absolute atomic E-state index is 14.9. The van der Waals surface area contributed by atoms with Crippen LogP contribution in [-0.2, 0) is 25.5 Å². The van der Waals surface area contributed by atoms with Crippen molar-refractivity contribution < 1.29 is 24.2 Å². The number of amides is 2. The number of hydrogen-bond acceptors (Lipinski definition) is 6. The third kappa shape index (κ3) is 5.54. The number of esters is 1. The largest absolute Gasteiger partial charge is 0.465 e. The molecule has 0 radical (unpaired) electrons. The Morgan fingerprint density at radius 3 is 2.58 bits per heavy atom. The van der Waals surface area contributed by atoms with E-state index in [2.05, 4.69) is 20.1 Å². The van der Waals surface area contributed by atoms with Gasteiger partial charge in [0.05, 0.1) is 46.5 Å². The number of carbonyl (C=O) groups excluding carboxylic acids is 3. The lowest BCUT2D eigenvalue weighted by atomic mass is 9.66. The first-order chi connectivity index (χ1) is 20.8. The van der Waals surface area contributed by atoms with Gasteiger partial charge in [-0.1, -0.05) is 73.1 Å². The normalized spacial score (nSPS) is 27.9. The zero-order valence-corrected chi connectivity index (χ0v) is 26.0. The number of fused-ring (bicyclic) bond motifs is 1. The molecule has 3 saturated heterocycles. The van der Waals surface area contributed by atoms with Crippen molar-refractivity contribution in [3.8, 4) is 0 Å². The van der Waals surface area contributed by atoms with Gasteiger partial charge in [-0.25, -0.2) is 0 Å². The van der Waals surface area contributed by atoms with Gasteiger partial charge in [0.1, 0.15) is 6.04 Å². The summed E-state index contributed by atoms with van der Waals surface area (Å²) in [6.07, 6.45) is 5.85. The molecule has 9 heteroatoms. The molecule has 0 aromatic heterocycles. The number of ether oxygens (including phenoxy) is 1. The molecule has 2 aromatic carbocycles. The fourth-order valence-corrected chi connectivity index (χ4v) is 9.92. The molecule has 2 bridgehead atoms. The topological polar surface area (TPSA) is 87.2 Å². The first-order valence-corrected chi connectivity index (χ1v) is 16.1. The summed E-state index contributed by atoms with van der Waals surface area (Å²) < 4.78 is 4.84. The van der Waals surface area contributed by atoms with Gasteiger partial charge >= 0.3 is 5.97 Å². The Bertz CT molecular complexity index is 1370. The third-order valence-corrected chi connectivity index (χ3v) is 11.5. The predicted octanol–water partition coefficient (Wildman–Crippen LogP) is 5.31. The second-order valence-corrected chi connectivity index (χ2v) is 13.6. The Labute approximate surface area is 262 Å². The molecule has 3 aliphatic heterocycles. The van der Waals surface area contributed by atoms with Crippen LogP contribution < -0.4 is 4.90 Å². The van der Waals surface area contributed by atoms with E-state index in [-0.39, 0.29) is 48.7 Å². The maximum Gasteiger partial charge on any atom is 0.310 e. The van der Waals surface area contributed by atoms with E-state index >= 15 is 0 Å². The highest BCUT2D eigenvalue weighted by Gasteiger charge is 2.77. The summed E-state index contributed by atoms with van der Waals surface area (Å²) in [4.78, 5) is 46.3. The van der Waals surface area contributed by atoms with Crippen molar-refractivity contribution in [1.82, 2.24) is 4.90 Å². The van der Waals surface area contributed by atoms with E-state index in [0.717, 1.165) is 12.0 Å². The lowest BCUT2D eigenvalue weighted by Gasteiger charge is -2.42. The Morgan fingerprint density at radius 2 is 1.91 bits per heavy atom. The lowest BCUT2D eigenvalue weighted by Crippen LogP contribution is -2.59. The van der Waals surface area contributed by atoms with Gasteiger partial charge in [0.2, 0.25) is 5.91 Å². The van der Waals surface area contributed by atoms with Crippen molar-refractivity contribution in [2.45, 2.75) is 54.7 Å². The van der Waals surface area contributed by atoms with Crippen LogP contribution in [0.3, 0.4) is 0 Å². The van der Waals surface area contributed by atoms with E-state index in [4.69, 9.17) is 16.3 Å². The molecule has 3 fully saturated rings. The molecule has 2 aromatic rings.